The van der Waals surface area contributed by atoms with Crippen molar-refractivity contribution in [2.24, 2.45) is 0 Å². The molecule has 0 fully saturated rings. The molecule has 8 nitrogen and oxygen atoms in total. The first kappa shape index (κ1) is 18.9. The fraction of sp³-hybridized carbons (Fsp3) is 0.286. The van der Waals surface area contributed by atoms with Crippen LogP contribution in [-0.2, 0) is 19.5 Å². The van der Waals surface area contributed by atoms with Crippen molar-refractivity contribution in [3.8, 4) is 22.8 Å². The molecule has 0 bridgehead atoms. The highest BCUT2D eigenvalue weighted by molar-refractivity contribution is 5.64. The van der Waals surface area contributed by atoms with E-state index in [-0.39, 0.29) is 11.5 Å². The number of anilines is 1. The van der Waals surface area contributed by atoms with Crippen molar-refractivity contribution >= 4 is 5.95 Å². The van der Waals surface area contributed by atoms with E-state index in [1.165, 1.54) is 0 Å². The minimum Gasteiger partial charge on any atom is -0.493 e. The summed E-state index contributed by atoms with van der Waals surface area (Å²) >= 11 is 0. The molecule has 3 aromatic rings. The van der Waals surface area contributed by atoms with Gasteiger partial charge in [0.15, 0.2) is 11.5 Å². The van der Waals surface area contributed by atoms with Crippen LogP contribution >= 0.6 is 0 Å². The number of hydrogen-bond donors (Lipinski definition) is 2. The van der Waals surface area contributed by atoms with Gasteiger partial charge < -0.3 is 15.2 Å². The number of rotatable bonds is 5. The third-order valence-corrected chi connectivity index (χ3v) is 5.08. The molecule has 3 N–H and O–H groups in total. The van der Waals surface area contributed by atoms with Crippen LogP contribution in [0.3, 0.4) is 0 Å². The molecule has 1 aliphatic heterocycles. The minimum absolute atomic E-state index is 0.154. The summed E-state index contributed by atoms with van der Waals surface area (Å²) < 4.78 is 10.7. The topological polar surface area (TPSA) is 106 Å². The van der Waals surface area contributed by atoms with E-state index in [0.29, 0.717) is 36.6 Å². The summed E-state index contributed by atoms with van der Waals surface area (Å²) in [6, 6.07) is 9.78. The molecule has 0 unspecified atom stereocenters. The fourth-order valence-corrected chi connectivity index (χ4v) is 3.58. The maximum Gasteiger partial charge on any atom is 0.257 e. The average molecular weight is 393 g/mol. The Hall–Kier alpha value is -3.39. The van der Waals surface area contributed by atoms with Crippen LogP contribution in [0.25, 0.3) is 11.3 Å². The number of fused-ring (bicyclic) bond motifs is 1. The lowest BCUT2D eigenvalue weighted by Crippen LogP contribution is -2.35. The smallest absolute Gasteiger partial charge is 0.257 e. The standard InChI is InChI=1S/C21H23N5O3/c1-28-18-6-4-14(9-19(18)29-2)16-5-3-13(10-23-16)11-26-8-7-17-15(12-26)20(27)25-21(22)24-17/h3-6,9-10H,7-8,11-12H2,1-2H3,(H3,22,24,25,27). The number of hydrogen-bond acceptors (Lipinski definition) is 7. The molecule has 3 heterocycles. The summed E-state index contributed by atoms with van der Waals surface area (Å²) in [6.07, 6.45) is 2.58. The van der Waals surface area contributed by atoms with E-state index in [1.54, 1.807) is 14.2 Å². The summed E-state index contributed by atoms with van der Waals surface area (Å²) in [7, 11) is 3.23. The number of aromatic nitrogens is 3. The Balaban J connectivity index is 1.48. The Morgan fingerprint density at radius 3 is 2.72 bits per heavy atom. The molecule has 1 aliphatic rings. The number of pyridine rings is 1. The van der Waals surface area contributed by atoms with E-state index < -0.39 is 0 Å². The molecule has 0 saturated carbocycles. The lowest BCUT2D eigenvalue weighted by atomic mass is 10.1. The highest BCUT2D eigenvalue weighted by Gasteiger charge is 2.21. The minimum atomic E-state index is -0.154. The number of H-pyrrole nitrogens is 1. The van der Waals surface area contributed by atoms with Gasteiger partial charge in [0.25, 0.3) is 5.56 Å². The average Bonchev–Trinajstić information content (AvgIpc) is 2.74. The molecule has 0 atom stereocenters. The fourth-order valence-electron chi connectivity index (χ4n) is 3.58. The Morgan fingerprint density at radius 2 is 2.00 bits per heavy atom. The van der Waals surface area contributed by atoms with E-state index in [2.05, 4.69) is 25.9 Å². The number of nitrogens with zero attached hydrogens (tertiary/aromatic N) is 3. The van der Waals surface area contributed by atoms with E-state index in [9.17, 15) is 4.79 Å². The molecule has 150 valence electrons. The predicted molar refractivity (Wildman–Crippen MR) is 110 cm³/mol. The SMILES string of the molecule is COc1ccc(-c2ccc(CN3CCc4nc(N)[nH]c(=O)c4C3)cn2)cc1OC. The quantitative estimate of drug-likeness (QED) is 0.683. The van der Waals surface area contributed by atoms with Gasteiger partial charge in [-0.25, -0.2) is 4.98 Å². The largest absolute Gasteiger partial charge is 0.493 e. The van der Waals surface area contributed by atoms with Crippen molar-refractivity contribution in [1.82, 2.24) is 19.9 Å². The summed E-state index contributed by atoms with van der Waals surface area (Å²) in [4.78, 5) is 25.8. The Kier molecular flexibility index (Phi) is 5.18. The molecule has 0 aliphatic carbocycles. The van der Waals surface area contributed by atoms with Gasteiger partial charge in [0.1, 0.15) is 0 Å². The van der Waals surface area contributed by atoms with Crippen molar-refractivity contribution in [3.63, 3.8) is 0 Å². The van der Waals surface area contributed by atoms with Crippen molar-refractivity contribution in [3.05, 3.63) is 63.7 Å². The zero-order valence-corrected chi connectivity index (χ0v) is 16.4. The highest BCUT2D eigenvalue weighted by atomic mass is 16.5. The second kappa shape index (κ2) is 7.92. The van der Waals surface area contributed by atoms with E-state index in [4.69, 9.17) is 15.2 Å². The van der Waals surface area contributed by atoms with Crippen molar-refractivity contribution in [2.75, 3.05) is 26.5 Å². The van der Waals surface area contributed by atoms with Gasteiger partial charge in [0.2, 0.25) is 5.95 Å². The molecular weight excluding hydrogens is 370 g/mol. The van der Waals surface area contributed by atoms with Gasteiger partial charge in [0.05, 0.1) is 31.2 Å². The van der Waals surface area contributed by atoms with Crippen molar-refractivity contribution in [1.29, 1.82) is 0 Å². The van der Waals surface area contributed by atoms with Crippen LogP contribution in [0, 0.1) is 0 Å². The first-order valence-electron chi connectivity index (χ1n) is 9.34. The van der Waals surface area contributed by atoms with E-state index in [0.717, 1.165) is 29.1 Å². The molecule has 0 amide bonds. The Labute approximate surface area is 168 Å². The van der Waals surface area contributed by atoms with E-state index in [1.807, 2.05) is 30.5 Å². The highest BCUT2D eigenvalue weighted by Crippen LogP contribution is 2.31. The molecule has 1 aromatic carbocycles. The van der Waals surface area contributed by atoms with Gasteiger partial charge in [-0.05, 0) is 29.8 Å². The van der Waals surface area contributed by atoms with E-state index >= 15 is 0 Å². The summed E-state index contributed by atoms with van der Waals surface area (Å²) in [5.41, 5.74) is 9.86. The van der Waals surface area contributed by atoms with Crippen LogP contribution in [0.4, 0.5) is 5.95 Å². The van der Waals surface area contributed by atoms with Gasteiger partial charge in [0, 0.05) is 37.8 Å². The normalized spacial score (nSPS) is 13.7. The molecule has 8 heteroatoms. The third-order valence-electron chi connectivity index (χ3n) is 5.08. The van der Waals surface area contributed by atoms with Crippen LogP contribution in [-0.4, -0.2) is 40.6 Å². The Morgan fingerprint density at radius 1 is 1.17 bits per heavy atom. The van der Waals surface area contributed by atoms with Crippen molar-refractivity contribution in [2.45, 2.75) is 19.5 Å². The molecular formula is C21H23N5O3. The first-order chi connectivity index (χ1) is 14.1. The second-order valence-electron chi connectivity index (χ2n) is 6.96. The molecule has 0 spiro atoms. The number of nitrogens with two attached hydrogens (primary N) is 1. The van der Waals surface area contributed by atoms with Crippen molar-refractivity contribution < 1.29 is 9.47 Å². The van der Waals surface area contributed by atoms with Gasteiger partial charge >= 0.3 is 0 Å². The molecule has 29 heavy (non-hydrogen) atoms. The molecule has 0 saturated heterocycles. The zero-order chi connectivity index (χ0) is 20.4. The van der Waals surface area contributed by atoms with Gasteiger partial charge in [-0.15, -0.1) is 0 Å². The first-order valence-corrected chi connectivity index (χ1v) is 9.34. The van der Waals surface area contributed by atoms with Crippen LogP contribution in [0.1, 0.15) is 16.8 Å². The maximum atomic E-state index is 12.1. The third kappa shape index (κ3) is 3.93. The molecule has 2 aromatic heterocycles. The number of nitrogen functional groups attached to an aromatic ring is 1. The van der Waals surface area contributed by atoms with Crippen LogP contribution in [0.2, 0.25) is 0 Å². The molecule has 4 rings (SSSR count). The zero-order valence-electron chi connectivity index (χ0n) is 16.4. The van der Waals surface area contributed by atoms with Gasteiger partial charge in [-0.1, -0.05) is 6.07 Å². The van der Waals surface area contributed by atoms with Crippen LogP contribution < -0.4 is 20.8 Å². The monoisotopic (exact) mass is 393 g/mol. The number of benzene rings is 1. The van der Waals surface area contributed by atoms with Crippen LogP contribution in [0.5, 0.6) is 11.5 Å². The van der Waals surface area contributed by atoms with Crippen LogP contribution in [0.15, 0.2) is 41.3 Å². The summed E-state index contributed by atoms with van der Waals surface area (Å²) in [6.45, 7) is 2.08. The number of ether oxygens (including phenoxy) is 2. The lowest BCUT2D eigenvalue weighted by molar-refractivity contribution is 0.241. The van der Waals surface area contributed by atoms with Gasteiger partial charge in [-0.2, -0.15) is 0 Å². The molecule has 0 radical (unpaired) electrons. The Bertz CT molecular complexity index is 1080. The number of methoxy groups -OCH3 is 2. The lowest BCUT2D eigenvalue weighted by Gasteiger charge is -2.27. The summed E-state index contributed by atoms with van der Waals surface area (Å²) in [5.74, 6) is 1.53. The number of aromatic amines is 1. The number of nitrogens with one attached hydrogen (secondary N) is 1. The predicted octanol–water partition coefficient (Wildman–Crippen LogP) is 1.99. The van der Waals surface area contributed by atoms with Gasteiger partial charge in [-0.3, -0.25) is 19.7 Å². The maximum absolute atomic E-state index is 12.1. The second-order valence-corrected chi connectivity index (χ2v) is 6.96. The summed E-state index contributed by atoms with van der Waals surface area (Å²) in [5, 5.41) is 0.